The molecular formula is C9H12N2O. The summed E-state index contributed by atoms with van der Waals surface area (Å²) in [7, 11) is 0. The highest BCUT2D eigenvalue weighted by atomic mass is 16.1. The fraction of sp³-hybridized carbons (Fsp3) is 0.556. The van der Waals surface area contributed by atoms with Crippen molar-refractivity contribution < 1.29 is 4.79 Å². The molecule has 1 heterocycles. The third kappa shape index (κ3) is 1.15. The molecule has 12 heavy (non-hydrogen) atoms. The third-order valence-corrected chi connectivity index (χ3v) is 2.46. The Hall–Kier alpha value is -1.12. The van der Waals surface area contributed by atoms with Crippen LogP contribution in [0, 0.1) is 0 Å². The molecule has 1 fully saturated rings. The highest BCUT2D eigenvalue weighted by Gasteiger charge is 2.20. The predicted molar refractivity (Wildman–Crippen MR) is 45.1 cm³/mol. The number of Topliss-reactive ketones (excluding diaryl/α,β-unsaturated/α-hetero) is 1. The topological polar surface area (TPSA) is 34.9 Å². The Balaban J connectivity index is 2.17. The second-order valence-electron chi connectivity index (χ2n) is 3.35. The molecule has 0 unspecified atom stereocenters. The van der Waals surface area contributed by atoms with Crippen LogP contribution < -0.4 is 0 Å². The molecule has 0 saturated heterocycles. The first-order valence-electron chi connectivity index (χ1n) is 4.32. The number of nitrogens with zero attached hydrogens (tertiary/aromatic N) is 2. The smallest absolute Gasteiger partial charge is 0.162 e. The van der Waals surface area contributed by atoms with Gasteiger partial charge in [0.15, 0.2) is 5.78 Å². The van der Waals surface area contributed by atoms with Crippen molar-refractivity contribution >= 4 is 5.78 Å². The van der Waals surface area contributed by atoms with Gasteiger partial charge in [0.05, 0.1) is 17.8 Å². The zero-order valence-corrected chi connectivity index (χ0v) is 7.16. The molecule has 1 aromatic heterocycles. The van der Waals surface area contributed by atoms with Gasteiger partial charge < -0.3 is 0 Å². The molecule has 0 spiro atoms. The van der Waals surface area contributed by atoms with E-state index in [1.54, 1.807) is 13.1 Å². The van der Waals surface area contributed by atoms with E-state index in [2.05, 4.69) is 5.10 Å². The second-order valence-corrected chi connectivity index (χ2v) is 3.35. The number of rotatable bonds is 2. The van der Waals surface area contributed by atoms with E-state index in [0.717, 1.165) is 5.56 Å². The fourth-order valence-corrected chi connectivity index (χ4v) is 1.37. The lowest BCUT2D eigenvalue weighted by atomic mass is 9.93. The molecule has 1 aliphatic rings. The van der Waals surface area contributed by atoms with Gasteiger partial charge in [-0.2, -0.15) is 5.10 Å². The van der Waals surface area contributed by atoms with Crippen molar-refractivity contribution in [3.05, 3.63) is 18.0 Å². The first kappa shape index (κ1) is 7.53. The summed E-state index contributed by atoms with van der Waals surface area (Å²) >= 11 is 0. The zero-order chi connectivity index (χ0) is 8.55. The molecule has 1 aromatic rings. The molecule has 3 heteroatoms. The highest BCUT2D eigenvalue weighted by molar-refractivity contribution is 5.93. The standard InChI is InChI=1S/C9H12N2O/c1-7(12)8-5-10-11(6-8)9-3-2-4-9/h5-6,9H,2-4H2,1H3. The van der Waals surface area contributed by atoms with Crippen LogP contribution in [0.5, 0.6) is 0 Å². The maximum atomic E-state index is 10.9. The van der Waals surface area contributed by atoms with Crippen molar-refractivity contribution in [2.75, 3.05) is 0 Å². The van der Waals surface area contributed by atoms with Gasteiger partial charge in [0, 0.05) is 6.20 Å². The van der Waals surface area contributed by atoms with Crippen molar-refractivity contribution in [2.24, 2.45) is 0 Å². The first-order chi connectivity index (χ1) is 5.77. The molecule has 0 N–H and O–H groups in total. The van der Waals surface area contributed by atoms with Gasteiger partial charge >= 0.3 is 0 Å². The van der Waals surface area contributed by atoms with E-state index in [1.807, 2.05) is 10.9 Å². The van der Waals surface area contributed by atoms with E-state index in [4.69, 9.17) is 0 Å². The van der Waals surface area contributed by atoms with Crippen LogP contribution in [0.25, 0.3) is 0 Å². The van der Waals surface area contributed by atoms with E-state index < -0.39 is 0 Å². The van der Waals surface area contributed by atoms with Gasteiger partial charge in [-0.25, -0.2) is 0 Å². The van der Waals surface area contributed by atoms with Gasteiger partial charge in [0.25, 0.3) is 0 Å². The molecule has 1 saturated carbocycles. The van der Waals surface area contributed by atoms with E-state index in [-0.39, 0.29) is 5.78 Å². The Morgan fingerprint density at radius 2 is 2.42 bits per heavy atom. The van der Waals surface area contributed by atoms with Crippen molar-refractivity contribution in [3.8, 4) is 0 Å². The molecule has 0 radical (unpaired) electrons. The lowest BCUT2D eigenvalue weighted by molar-refractivity contribution is 0.101. The fourth-order valence-electron chi connectivity index (χ4n) is 1.37. The monoisotopic (exact) mass is 164 g/mol. The average Bonchev–Trinajstić information content (AvgIpc) is 2.32. The lowest BCUT2D eigenvalue weighted by Crippen LogP contribution is -2.17. The summed E-state index contributed by atoms with van der Waals surface area (Å²) in [6, 6.07) is 0.554. The van der Waals surface area contributed by atoms with Crippen LogP contribution in [-0.2, 0) is 0 Å². The van der Waals surface area contributed by atoms with Crippen LogP contribution in [0.15, 0.2) is 12.4 Å². The van der Waals surface area contributed by atoms with Crippen LogP contribution in [-0.4, -0.2) is 15.6 Å². The molecule has 0 atom stereocenters. The van der Waals surface area contributed by atoms with Crippen molar-refractivity contribution in [1.29, 1.82) is 0 Å². The van der Waals surface area contributed by atoms with Crippen LogP contribution >= 0.6 is 0 Å². The minimum atomic E-state index is 0.0978. The summed E-state index contributed by atoms with van der Waals surface area (Å²) in [5, 5.41) is 4.16. The molecule has 1 aliphatic carbocycles. The predicted octanol–water partition coefficient (Wildman–Crippen LogP) is 1.81. The maximum absolute atomic E-state index is 10.9. The Morgan fingerprint density at radius 1 is 1.67 bits per heavy atom. The van der Waals surface area contributed by atoms with E-state index >= 15 is 0 Å². The van der Waals surface area contributed by atoms with E-state index in [1.165, 1.54) is 19.3 Å². The van der Waals surface area contributed by atoms with Gasteiger partial charge in [-0.05, 0) is 26.2 Å². The summed E-state index contributed by atoms with van der Waals surface area (Å²) in [6.45, 7) is 1.57. The van der Waals surface area contributed by atoms with Crippen molar-refractivity contribution in [1.82, 2.24) is 9.78 Å². The Bertz CT molecular complexity index is 299. The Morgan fingerprint density at radius 3 is 2.83 bits per heavy atom. The third-order valence-electron chi connectivity index (χ3n) is 2.46. The minimum Gasteiger partial charge on any atom is -0.294 e. The van der Waals surface area contributed by atoms with Gasteiger partial charge in [0.1, 0.15) is 0 Å². The van der Waals surface area contributed by atoms with E-state index in [9.17, 15) is 4.79 Å². The summed E-state index contributed by atoms with van der Waals surface area (Å²) in [5.41, 5.74) is 0.724. The normalized spacial score (nSPS) is 17.4. The molecule has 2 rings (SSSR count). The molecule has 0 amide bonds. The summed E-state index contributed by atoms with van der Waals surface area (Å²) in [6.07, 6.45) is 7.21. The van der Waals surface area contributed by atoms with Crippen molar-refractivity contribution in [2.45, 2.75) is 32.2 Å². The highest BCUT2D eigenvalue weighted by Crippen LogP contribution is 2.30. The van der Waals surface area contributed by atoms with Crippen LogP contribution in [0.3, 0.4) is 0 Å². The number of carbonyl (C=O) groups is 1. The zero-order valence-electron chi connectivity index (χ0n) is 7.16. The Kier molecular flexibility index (Phi) is 1.71. The SMILES string of the molecule is CC(=O)c1cnn(C2CCC2)c1. The molecule has 3 nitrogen and oxygen atoms in total. The minimum absolute atomic E-state index is 0.0978. The maximum Gasteiger partial charge on any atom is 0.162 e. The van der Waals surface area contributed by atoms with Gasteiger partial charge in [0.2, 0.25) is 0 Å². The summed E-state index contributed by atoms with van der Waals surface area (Å²) in [5.74, 6) is 0.0978. The lowest BCUT2D eigenvalue weighted by Gasteiger charge is -2.25. The number of carbonyl (C=O) groups excluding carboxylic acids is 1. The molecule has 64 valence electrons. The summed E-state index contributed by atoms with van der Waals surface area (Å²) in [4.78, 5) is 10.9. The second kappa shape index (κ2) is 2.73. The molecule has 0 aromatic carbocycles. The van der Waals surface area contributed by atoms with Gasteiger partial charge in [-0.1, -0.05) is 0 Å². The first-order valence-corrected chi connectivity index (χ1v) is 4.32. The number of aromatic nitrogens is 2. The summed E-state index contributed by atoms with van der Waals surface area (Å²) < 4.78 is 1.92. The van der Waals surface area contributed by atoms with Crippen LogP contribution in [0.2, 0.25) is 0 Å². The number of hydrogen-bond donors (Lipinski definition) is 0. The van der Waals surface area contributed by atoms with Crippen molar-refractivity contribution in [3.63, 3.8) is 0 Å². The average molecular weight is 164 g/mol. The number of ketones is 1. The Labute approximate surface area is 71.4 Å². The molecule has 0 aliphatic heterocycles. The number of hydrogen-bond acceptors (Lipinski definition) is 2. The largest absolute Gasteiger partial charge is 0.294 e. The molecular weight excluding hydrogens is 152 g/mol. The van der Waals surface area contributed by atoms with Gasteiger partial charge in [-0.15, -0.1) is 0 Å². The van der Waals surface area contributed by atoms with Crippen LogP contribution in [0.1, 0.15) is 42.6 Å². The van der Waals surface area contributed by atoms with E-state index in [0.29, 0.717) is 6.04 Å². The molecule has 0 bridgehead atoms. The van der Waals surface area contributed by atoms with Gasteiger partial charge in [-0.3, -0.25) is 9.48 Å². The van der Waals surface area contributed by atoms with Crippen LogP contribution in [0.4, 0.5) is 0 Å². The quantitative estimate of drug-likeness (QED) is 0.625.